The van der Waals surface area contributed by atoms with E-state index in [9.17, 15) is 9.90 Å². The largest absolute Gasteiger partial charge is 0.469 e. The molecule has 16 heavy (non-hydrogen) atoms. The third-order valence-corrected chi connectivity index (χ3v) is 2.82. The molecule has 1 heterocycles. The quantitative estimate of drug-likeness (QED) is 0.519. The topological polar surface area (TPSA) is 76.0 Å². The molecule has 1 saturated heterocycles. The van der Waals surface area contributed by atoms with Crippen LogP contribution in [0.15, 0.2) is 12.7 Å². The molecule has 0 aromatic heterocycles. The van der Waals surface area contributed by atoms with E-state index < -0.39 is 12.2 Å². The van der Waals surface area contributed by atoms with Gasteiger partial charge < -0.3 is 19.7 Å². The van der Waals surface area contributed by atoms with E-state index in [2.05, 4.69) is 11.3 Å². The lowest BCUT2D eigenvalue weighted by Crippen LogP contribution is -2.46. The molecule has 0 amide bonds. The summed E-state index contributed by atoms with van der Waals surface area (Å²) in [6.07, 6.45) is 0.408. The van der Waals surface area contributed by atoms with Crippen LogP contribution >= 0.6 is 0 Å². The minimum Gasteiger partial charge on any atom is -0.469 e. The first kappa shape index (κ1) is 13.2. The SMILES string of the molecule is C=CC1O[C@H](CC(=O)OC)CC(CO)[C@@H]1O. The highest BCUT2D eigenvalue weighted by Crippen LogP contribution is 2.27. The predicted molar refractivity (Wildman–Crippen MR) is 56.7 cm³/mol. The number of aliphatic hydroxyl groups is 2. The second kappa shape index (κ2) is 5.98. The van der Waals surface area contributed by atoms with Gasteiger partial charge in [-0.1, -0.05) is 6.08 Å². The van der Waals surface area contributed by atoms with Gasteiger partial charge in [0, 0.05) is 12.5 Å². The van der Waals surface area contributed by atoms with Gasteiger partial charge in [0.2, 0.25) is 0 Å². The highest BCUT2D eigenvalue weighted by molar-refractivity contribution is 5.69. The highest BCUT2D eigenvalue weighted by atomic mass is 16.5. The van der Waals surface area contributed by atoms with E-state index in [0.29, 0.717) is 6.42 Å². The summed E-state index contributed by atoms with van der Waals surface area (Å²) < 4.78 is 10.0. The van der Waals surface area contributed by atoms with Crippen molar-refractivity contribution in [1.82, 2.24) is 0 Å². The van der Waals surface area contributed by atoms with Gasteiger partial charge in [0.05, 0.1) is 25.7 Å². The lowest BCUT2D eigenvalue weighted by Gasteiger charge is -2.37. The first-order valence-corrected chi connectivity index (χ1v) is 5.26. The molecule has 1 aliphatic rings. The minimum atomic E-state index is -0.767. The smallest absolute Gasteiger partial charge is 0.308 e. The number of carbonyl (C=O) groups is 1. The Balaban J connectivity index is 2.61. The van der Waals surface area contributed by atoms with Crippen molar-refractivity contribution < 1.29 is 24.5 Å². The number of rotatable bonds is 4. The highest BCUT2D eigenvalue weighted by Gasteiger charge is 2.36. The normalized spacial score (nSPS) is 34.4. The average molecular weight is 230 g/mol. The number of ether oxygens (including phenoxy) is 2. The maximum absolute atomic E-state index is 11.1. The number of esters is 1. The van der Waals surface area contributed by atoms with E-state index in [4.69, 9.17) is 9.84 Å². The Morgan fingerprint density at radius 2 is 2.38 bits per heavy atom. The zero-order valence-corrected chi connectivity index (χ0v) is 9.33. The van der Waals surface area contributed by atoms with Crippen LogP contribution in [0.2, 0.25) is 0 Å². The van der Waals surface area contributed by atoms with Gasteiger partial charge in [0.1, 0.15) is 6.10 Å². The average Bonchev–Trinajstić information content (AvgIpc) is 2.30. The van der Waals surface area contributed by atoms with Gasteiger partial charge in [-0.3, -0.25) is 4.79 Å². The van der Waals surface area contributed by atoms with Crippen LogP contribution in [0, 0.1) is 5.92 Å². The van der Waals surface area contributed by atoms with Gasteiger partial charge in [-0.2, -0.15) is 0 Å². The van der Waals surface area contributed by atoms with Gasteiger partial charge in [-0.05, 0) is 6.42 Å². The van der Waals surface area contributed by atoms with Crippen LogP contribution in [0.25, 0.3) is 0 Å². The molecule has 1 rings (SSSR count). The Labute approximate surface area is 94.7 Å². The Hall–Kier alpha value is -0.910. The summed E-state index contributed by atoms with van der Waals surface area (Å²) in [5, 5.41) is 18.9. The predicted octanol–water partition coefficient (Wildman–Crippen LogP) is -0.138. The van der Waals surface area contributed by atoms with Crippen molar-refractivity contribution in [2.24, 2.45) is 5.92 Å². The molecule has 0 aromatic carbocycles. The Bertz CT molecular complexity index is 253. The number of carbonyl (C=O) groups excluding carboxylic acids is 1. The van der Waals surface area contributed by atoms with Gasteiger partial charge >= 0.3 is 5.97 Å². The van der Waals surface area contributed by atoms with E-state index in [1.807, 2.05) is 0 Å². The van der Waals surface area contributed by atoms with E-state index in [1.165, 1.54) is 13.2 Å². The van der Waals surface area contributed by atoms with Crippen molar-refractivity contribution >= 4 is 5.97 Å². The number of methoxy groups -OCH3 is 1. The molecule has 0 bridgehead atoms. The van der Waals surface area contributed by atoms with Crippen LogP contribution in [-0.4, -0.2) is 48.2 Å². The van der Waals surface area contributed by atoms with Crippen molar-refractivity contribution in [2.75, 3.05) is 13.7 Å². The number of hydrogen-bond acceptors (Lipinski definition) is 5. The summed E-state index contributed by atoms with van der Waals surface area (Å²) in [5.74, 6) is -0.646. The van der Waals surface area contributed by atoms with Crippen molar-refractivity contribution in [1.29, 1.82) is 0 Å². The molecular formula is C11H18O5. The Morgan fingerprint density at radius 3 is 2.88 bits per heavy atom. The summed E-state index contributed by atoms with van der Waals surface area (Å²) >= 11 is 0. The fourth-order valence-corrected chi connectivity index (χ4v) is 1.88. The zero-order chi connectivity index (χ0) is 12.1. The summed E-state index contributed by atoms with van der Waals surface area (Å²) in [5.41, 5.74) is 0. The molecule has 5 nitrogen and oxygen atoms in total. The van der Waals surface area contributed by atoms with Crippen LogP contribution in [0.1, 0.15) is 12.8 Å². The van der Waals surface area contributed by atoms with Crippen LogP contribution in [-0.2, 0) is 14.3 Å². The molecule has 2 unspecified atom stereocenters. The zero-order valence-electron chi connectivity index (χ0n) is 9.33. The minimum absolute atomic E-state index is 0.129. The summed E-state index contributed by atoms with van der Waals surface area (Å²) in [6.45, 7) is 3.42. The molecule has 1 fully saturated rings. The maximum Gasteiger partial charge on any atom is 0.308 e. The molecule has 0 saturated carbocycles. The third kappa shape index (κ3) is 3.04. The third-order valence-electron chi connectivity index (χ3n) is 2.82. The lowest BCUT2D eigenvalue weighted by molar-refractivity contribution is -0.158. The van der Waals surface area contributed by atoms with Gasteiger partial charge in [-0.15, -0.1) is 6.58 Å². The van der Waals surface area contributed by atoms with E-state index >= 15 is 0 Å². The van der Waals surface area contributed by atoms with Crippen molar-refractivity contribution in [3.05, 3.63) is 12.7 Å². The molecule has 0 aliphatic carbocycles. The summed E-state index contributed by atoms with van der Waals surface area (Å²) in [7, 11) is 1.31. The fourth-order valence-electron chi connectivity index (χ4n) is 1.88. The van der Waals surface area contributed by atoms with Crippen molar-refractivity contribution in [3.8, 4) is 0 Å². The van der Waals surface area contributed by atoms with Crippen LogP contribution < -0.4 is 0 Å². The van der Waals surface area contributed by atoms with Crippen LogP contribution in [0.4, 0.5) is 0 Å². The lowest BCUT2D eigenvalue weighted by atomic mass is 9.88. The summed E-state index contributed by atoms with van der Waals surface area (Å²) in [4.78, 5) is 11.1. The summed E-state index contributed by atoms with van der Waals surface area (Å²) in [6, 6.07) is 0. The molecular weight excluding hydrogens is 212 g/mol. The first-order valence-electron chi connectivity index (χ1n) is 5.26. The van der Waals surface area contributed by atoms with Gasteiger partial charge in [0.25, 0.3) is 0 Å². The number of aliphatic hydroxyl groups excluding tert-OH is 2. The van der Waals surface area contributed by atoms with E-state index in [1.54, 1.807) is 0 Å². The molecule has 92 valence electrons. The molecule has 5 heteroatoms. The monoisotopic (exact) mass is 230 g/mol. The number of hydrogen-bond donors (Lipinski definition) is 2. The second-order valence-corrected chi connectivity index (χ2v) is 3.91. The standard InChI is InChI=1S/C11H18O5/c1-3-9-11(14)7(6-12)4-8(16-9)5-10(13)15-2/h3,7-9,11-12,14H,1,4-6H2,2H3/t7?,8-,9?,11-/m0/s1. The van der Waals surface area contributed by atoms with Crippen LogP contribution in [0.5, 0.6) is 0 Å². The molecule has 0 radical (unpaired) electrons. The molecule has 0 spiro atoms. The van der Waals surface area contributed by atoms with Gasteiger partial charge in [-0.25, -0.2) is 0 Å². The maximum atomic E-state index is 11.1. The van der Waals surface area contributed by atoms with Crippen molar-refractivity contribution in [3.63, 3.8) is 0 Å². The van der Waals surface area contributed by atoms with Crippen LogP contribution in [0.3, 0.4) is 0 Å². The van der Waals surface area contributed by atoms with Gasteiger partial charge in [0.15, 0.2) is 0 Å². The fraction of sp³-hybridized carbons (Fsp3) is 0.727. The Morgan fingerprint density at radius 1 is 1.69 bits per heavy atom. The second-order valence-electron chi connectivity index (χ2n) is 3.91. The Kier molecular flexibility index (Phi) is 4.92. The molecule has 0 aromatic rings. The molecule has 4 atom stereocenters. The molecule has 1 aliphatic heterocycles. The van der Waals surface area contributed by atoms with Crippen molar-refractivity contribution in [2.45, 2.75) is 31.2 Å². The molecule has 2 N–H and O–H groups in total. The first-order chi connectivity index (χ1) is 7.62. The van der Waals surface area contributed by atoms with E-state index in [0.717, 1.165) is 0 Å². The van der Waals surface area contributed by atoms with E-state index in [-0.39, 0.29) is 31.0 Å².